The van der Waals surface area contributed by atoms with Crippen molar-refractivity contribution in [3.05, 3.63) is 28.9 Å². The summed E-state index contributed by atoms with van der Waals surface area (Å²) in [4.78, 5) is 27.3. The van der Waals surface area contributed by atoms with Crippen molar-refractivity contribution < 1.29 is 9.59 Å². The van der Waals surface area contributed by atoms with E-state index in [1.807, 2.05) is 0 Å². The first-order valence-corrected chi connectivity index (χ1v) is 4.33. The highest BCUT2D eigenvalue weighted by atomic mass is 16.1. The smallest absolute Gasteiger partial charge is 0.207 e. The third-order valence-electron chi connectivity index (χ3n) is 2.47. The number of nitrogens with zero attached hydrogens (tertiary/aromatic N) is 2. The van der Waals surface area contributed by atoms with Crippen molar-refractivity contribution in [1.29, 1.82) is 0 Å². The number of Topliss-reactive ketones (excluding diaryl/α,β-unsaturated/α-hetero) is 1. The summed E-state index contributed by atoms with van der Waals surface area (Å²) in [7, 11) is 1.74. The Kier molecular flexibility index (Phi) is 1.67. The van der Waals surface area contributed by atoms with E-state index in [1.54, 1.807) is 25.5 Å². The van der Waals surface area contributed by atoms with E-state index < -0.39 is 0 Å². The molecule has 1 aliphatic carbocycles. The number of carbonyl (C=O) groups is 2. The van der Waals surface area contributed by atoms with E-state index in [0.29, 0.717) is 17.1 Å². The Hall–Kier alpha value is -1.71. The maximum Gasteiger partial charge on any atom is 0.207 e. The topological polar surface area (TPSA) is 52.0 Å². The van der Waals surface area contributed by atoms with Gasteiger partial charge < -0.3 is 4.57 Å². The van der Waals surface area contributed by atoms with Crippen molar-refractivity contribution >= 4 is 11.6 Å². The molecule has 0 atom stereocenters. The van der Waals surface area contributed by atoms with Crippen LogP contribution in [0.15, 0.2) is 11.6 Å². The molecule has 0 unspecified atom stereocenters. The van der Waals surface area contributed by atoms with Gasteiger partial charge in [0.1, 0.15) is 17.2 Å². The van der Waals surface area contributed by atoms with E-state index in [9.17, 15) is 9.59 Å². The molecule has 14 heavy (non-hydrogen) atoms. The van der Waals surface area contributed by atoms with Gasteiger partial charge in [0.2, 0.25) is 11.6 Å². The number of aromatic nitrogens is 2. The standard InChI is InChI=1S/C10H10N2O2/c1-5-4-7(13)8-9(10(5)14)12(3)6(2)11-8/h4H,1-3H3. The second-order valence-corrected chi connectivity index (χ2v) is 3.44. The summed E-state index contributed by atoms with van der Waals surface area (Å²) in [5.41, 5.74) is 1.17. The Balaban J connectivity index is 2.75. The van der Waals surface area contributed by atoms with Crippen LogP contribution in [0.1, 0.15) is 33.7 Å². The predicted molar refractivity (Wildman–Crippen MR) is 50.4 cm³/mol. The number of aryl methyl sites for hydroxylation is 1. The fraction of sp³-hybridized carbons (Fsp3) is 0.300. The molecule has 0 aromatic carbocycles. The van der Waals surface area contributed by atoms with Crippen molar-refractivity contribution in [2.75, 3.05) is 0 Å². The van der Waals surface area contributed by atoms with Gasteiger partial charge in [-0.3, -0.25) is 9.59 Å². The predicted octanol–water partition coefficient (Wildman–Crippen LogP) is 1.05. The Morgan fingerprint density at radius 1 is 1.29 bits per heavy atom. The van der Waals surface area contributed by atoms with Gasteiger partial charge >= 0.3 is 0 Å². The molecular formula is C10H10N2O2. The van der Waals surface area contributed by atoms with Crippen molar-refractivity contribution in [2.45, 2.75) is 13.8 Å². The lowest BCUT2D eigenvalue weighted by atomic mass is 9.99. The lowest BCUT2D eigenvalue weighted by Gasteiger charge is -2.08. The Morgan fingerprint density at radius 2 is 1.93 bits per heavy atom. The number of carbonyl (C=O) groups excluding carboxylic acids is 2. The summed E-state index contributed by atoms with van der Waals surface area (Å²) < 4.78 is 1.66. The van der Waals surface area contributed by atoms with Crippen LogP contribution < -0.4 is 0 Å². The van der Waals surface area contributed by atoms with E-state index >= 15 is 0 Å². The number of ketones is 2. The van der Waals surface area contributed by atoms with Crippen molar-refractivity contribution in [2.24, 2.45) is 7.05 Å². The molecule has 0 radical (unpaired) electrons. The van der Waals surface area contributed by atoms with Crippen LogP contribution in [0, 0.1) is 6.92 Å². The minimum absolute atomic E-state index is 0.109. The number of hydrogen-bond acceptors (Lipinski definition) is 3. The second kappa shape index (κ2) is 2.64. The molecule has 0 amide bonds. The number of hydrogen-bond donors (Lipinski definition) is 0. The highest BCUT2D eigenvalue weighted by Gasteiger charge is 2.28. The van der Waals surface area contributed by atoms with Gasteiger partial charge in [0, 0.05) is 12.6 Å². The molecular weight excluding hydrogens is 180 g/mol. The van der Waals surface area contributed by atoms with Gasteiger partial charge in [-0.1, -0.05) is 0 Å². The molecule has 0 spiro atoms. The molecule has 4 nitrogen and oxygen atoms in total. The minimum Gasteiger partial charge on any atom is -0.328 e. The first-order chi connectivity index (χ1) is 6.52. The first-order valence-electron chi connectivity index (χ1n) is 4.33. The van der Waals surface area contributed by atoms with Crippen LogP contribution in [0.5, 0.6) is 0 Å². The molecule has 1 heterocycles. The van der Waals surface area contributed by atoms with Gasteiger partial charge in [-0.25, -0.2) is 4.98 Å². The van der Waals surface area contributed by atoms with Gasteiger partial charge in [0.15, 0.2) is 0 Å². The quantitative estimate of drug-likeness (QED) is 0.614. The molecule has 1 aromatic rings. The zero-order chi connectivity index (χ0) is 10.5. The Labute approximate surface area is 81.3 Å². The van der Waals surface area contributed by atoms with E-state index in [-0.39, 0.29) is 17.3 Å². The van der Waals surface area contributed by atoms with Crippen LogP contribution in [0.3, 0.4) is 0 Å². The highest BCUT2D eigenvalue weighted by molar-refractivity contribution is 6.22. The summed E-state index contributed by atoms with van der Waals surface area (Å²) in [6, 6.07) is 0. The summed E-state index contributed by atoms with van der Waals surface area (Å²) in [5, 5.41) is 0. The maximum atomic E-state index is 11.7. The molecule has 0 saturated heterocycles. The molecule has 0 bridgehead atoms. The van der Waals surface area contributed by atoms with Crippen LogP contribution in [-0.2, 0) is 7.05 Å². The molecule has 1 aliphatic rings. The zero-order valence-electron chi connectivity index (χ0n) is 8.29. The van der Waals surface area contributed by atoms with Crippen LogP contribution in [0.2, 0.25) is 0 Å². The van der Waals surface area contributed by atoms with Crippen LogP contribution in [-0.4, -0.2) is 21.1 Å². The van der Waals surface area contributed by atoms with Gasteiger partial charge in [-0.15, -0.1) is 0 Å². The molecule has 0 saturated carbocycles. The van der Waals surface area contributed by atoms with E-state index in [0.717, 1.165) is 0 Å². The van der Waals surface area contributed by atoms with Gasteiger partial charge in [-0.05, 0) is 19.9 Å². The van der Waals surface area contributed by atoms with E-state index in [2.05, 4.69) is 4.98 Å². The van der Waals surface area contributed by atoms with Crippen molar-refractivity contribution in [3.63, 3.8) is 0 Å². The summed E-state index contributed by atoms with van der Waals surface area (Å²) in [6.45, 7) is 3.42. The monoisotopic (exact) mass is 190 g/mol. The van der Waals surface area contributed by atoms with E-state index in [4.69, 9.17) is 0 Å². The normalized spacial score (nSPS) is 15.5. The Bertz CT molecular complexity index is 481. The minimum atomic E-state index is -0.180. The molecule has 72 valence electrons. The van der Waals surface area contributed by atoms with E-state index in [1.165, 1.54) is 6.08 Å². The molecule has 4 heteroatoms. The Morgan fingerprint density at radius 3 is 2.57 bits per heavy atom. The highest BCUT2D eigenvalue weighted by Crippen LogP contribution is 2.20. The van der Waals surface area contributed by atoms with Crippen LogP contribution in [0.4, 0.5) is 0 Å². The SMILES string of the molecule is CC1=CC(=O)c2nc(C)n(C)c2C1=O. The summed E-state index contributed by atoms with van der Waals surface area (Å²) >= 11 is 0. The van der Waals surface area contributed by atoms with Gasteiger partial charge in [0.25, 0.3) is 0 Å². The largest absolute Gasteiger partial charge is 0.328 e. The summed E-state index contributed by atoms with van der Waals surface area (Å²) in [6.07, 6.45) is 1.34. The first kappa shape index (κ1) is 8.87. The fourth-order valence-corrected chi connectivity index (χ4v) is 1.56. The molecule has 2 rings (SSSR count). The van der Waals surface area contributed by atoms with Gasteiger partial charge in [0.05, 0.1) is 0 Å². The number of imidazole rings is 1. The van der Waals surface area contributed by atoms with Crippen LogP contribution in [0.25, 0.3) is 0 Å². The second-order valence-electron chi connectivity index (χ2n) is 3.44. The molecule has 0 aliphatic heterocycles. The number of fused-ring (bicyclic) bond motifs is 1. The lowest BCUT2D eigenvalue weighted by Crippen LogP contribution is -2.17. The fourth-order valence-electron chi connectivity index (χ4n) is 1.56. The molecule has 1 aromatic heterocycles. The third-order valence-corrected chi connectivity index (χ3v) is 2.47. The third kappa shape index (κ3) is 0.968. The maximum absolute atomic E-state index is 11.7. The number of rotatable bonds is 0. The zero-order valence-corrected chi connectivity index (χ0v) is 8.29. The van der Waals surface area contributed by atoms with Crippen molar-refractivity contribution in [1.82, 2.24) is 9.55 Å². The molecule has 0 N–H and O–H groups in total. The lowest BCUT2D eigenvalue weighted by molar-refractivity contribution is 0.0977. The summed E-state index contributed by atoms with van der Waals surface area (Å²) in [5.74, 6) is 0.392. The number of allylic oxidation sites excluding steroid dienone is 2. The average molecular weight is 190 g/mol. The van der Waals surface area contributed by atoms with Crippen LogP contribution >= 0.6 is 0 Å². The average Bonchev–Trinajstić information content (AvgIpc) is 2.41. The van der Waals surface area contributed by atoms with Gasteiger partial charge in [-0.2, -0.15) is 0 Å². The van der Waals surface area contributed by atoms with Crippen molar-refractivity contribution in [3.8, 4) is 0 Å². The molecule has 0 fully saturated rings.